The summed E-state index contributed by atoms with van der Waals surface area (Å²) in [6.07, 6.45) is 10.8. The maximum Gasteiger partial charge on any atom is 0.160 e. The average molecular weight is 296 g/mol. The van der Waals surface area contributed by atoms with Gasteiger partial charge in [-0.05, 0) is 50.4 Å². The van der Waals surface area contributed by atoms with E-state index in [1.165, 1.54) is 51.4 Å². The van der Waals surface area contributed by atoms with Gasteiger partial charge >= 0.3 is 0 Å². The Morgan fingerprint density at radius 1 is 0.667 bits per heavy atom. The van der Waals surface area contributed by atoms with Gasteiger partial charge in [-0.25, -0.2) is 0 Å². The van der Waals surface area contributed by atoms with E-state index in [1.807, 2.05) is 0 Å². The Balaban J connectivity index is 1.37. The van der Waals surface area contributed by atoms with Gasteiger partial charge in [-0.2, -0.15) is 0 Å². The van der Waals surface area contributed by atoms with E-state index in [1.54, 1.807) is 0 Å². The summed E-state index contributed by atoms with van der Waals surface area (Å²) < 4.78 is 18.1. The molecule has 122 valence electrons. The molecule has 0 N–H and O–H groups in total. The van der Waals surface area contributed by atoms with Crippen LogP contribution in [0.1, 0.15) is 65.2 Å². The largest absolute Gasteiger partial charge is 0.370 e. The molecule has 0 aromatic heterocycles. The van der Waals surface area contributed by atoms with Gasteiger partial charge in [0.15, 0.2) is 6.29 Å². The molecule has 3 rings (SSSR count). The van der Waals surface area contributed by atoms with Crippen molar-refractivity contribution < 1.29 is 14.2 Å². The quantitative estimate of drug-likeness (QED) is 0.783. The SMILES string of the molecule is CC1CCC(OC2COC(C3CCC(C)CC3)OC2)CC1. The molecule has 2 saturated carbocycles. The summed E-state index contributed by atoms with van der Waals surface area (Å²) >= 11 is 0. The molecule has 1 heterocycles. The Labute approximate surface area is 129 Å². The van der Waals surface area contributed by atoms with E-state index in [9.17, 15) is 0 Å². The van der Waals surface area contributed by atoms with Crippen LogP contribution in [0.15, 0.2) is 0 Å². The summed E-state index contributed by atoms with van der Waals surface area (Å²) in [6, 6.07) is 0. The first-order chi connectivity index (χ1) is 10.2. The van der Waals surface area contributed by atoms with Crippen molar-refractivity contribution in [3.63, 3.8) is 0 Å². The predicted octanol–water partition coefficient (Wildman–Crippen LogP) is 4.15. The molecule has 0 aromatic carbocycles. The third kappa shape index (κ3) is 4.43. The van der Waals surface area contributed by atoms with E-state index in [4.69, 9.17) is 14.2 Å². The molecule has 3 aliphatic rings. The van der Waals surface area contributed by atoms with E-state index >= 15 is 0 Å². The maximum atomic E-state index is 6.18. The summed E-state index contributed by atoms with van der Waals surface area (Å²) in [5, 5.41) is 0. The second-order valence-electron chi connectivity index (χ2n) is 7.69. The lowest BCUT2D eigenvalue weighted by atomic mass is 9.82. The van der Waals surface area contributed by atoms with Gasteiger partial charge in [-0.1, -0.05) is 26.7 Å². The molecule has 2 aliphatic carbocycles. The van der Waals surface area contributed by atoms with Crippen molar-refractivity contribution in [3.05, 3.63) is 0 Å². The molecule has 21 heavy (non-hydrogen) atoms. The van der Waals surface area contributed by atoms with E-state index in [0.29, 0.717) is 12.0 Å². The van der Waals surface area contributed by atoms with Crippen LogP contribution in [0.3, 0.4) is 0 Å². The third-order valence-corrected chi connectivity index (χ3v) is 5.69. The molecule has 0 radical (unpaired) electrons. The zero-order valence-electron chi connectivity index (χ0n) is 13.8. The topological polar surface area (TPSA) is 27.7 Å². The second kappa shape index (κ2) is 7.43. The summed E-state index contributed by atoms with van der Waals surface area (Å²) in [4.78, 5) is 0. The van der Waals surface area contributed by atoms with E-state index in [0.717, 1.165) is 25.0 Å². The van der Waals surface area contributed by atoms with Crippen molar-refractivity contribution in [2.24, 2.45) is 17.8 Å². The van der Waals surface area contributed by atoms with Crippen molar-refractivity contribution in [1.29, 1.82) is 0 Å². The minimum absolute atomic E-state index is 0.0312. The molecule has 3 fully saturated rings. The Morgan fingerprint density at radius 2 is 1.19 bits per heavy atom. The van der Waals surface area contributed by atoms with Crippen LogP contribution in [-0.4, -0.2) is 31.7 Å². The molecule has 0 aromatic rings. The lowest BCUT2D eigenvalue weighted by molar-refractivity contribution is -0.257. The van der Waals surface area contributed by atoms with Crippen LogP contribution in [0.2, 0.25) is 0 Å². The van der Waals surface area contributed by atoms with Crippen molar-refractivity contribution >= 4 is 0 Å². The highest BCUT2D eigenvalue weighted by Gasteiger charge is 2.33. The van der Waals surface area contributed by atoms with Gasteiger partial charge in [-0.3, -0.25) is 0 Å². The Hall–Kier alpha value is -0.120. The van der Waals surface area contributed by atoms with Gasteiger partial charge in [0.2, 0.25) is 0 Å². The maximum absolute atomic E-state index is 6.18. The van der Waals surface area contributed by atoms with Crippen LogP contribution < -0.4 is 0 Å². The lowest BCUT2D eigenvalue weighted by Gasteiger charge is -2.38. The molecule has 0 amide bonds. The molecule has 3 nitrogen and oxygen atoms in total. The molecule has 0 atom stereocenters. The fourth-order valence-electron chi connectivity index (χ4n) is 4.05. The minimum atomic E-state index is 0.0312. The van der Waals surface area contributed by atoms with Crippen molar-refractivity contribution in [3.8, 4) is 0 Å². The normalized spacial score (nSPS) is 45.4. The number of hydrogen-bond donors (Lipinski definition) is 0. The molecule has 1 aliphatic heterocycles. The summed E-state index contributed by atoms with van der Waals surface area (Å²) in [7, 11) is 0. The highest BCUT2D eigenvalue weighted by Crippen LogP contribution is 2.34. The van der Waals surface area contributed by atoms with Crippen molar-refractivity contribution in [2.45, 2.75) is 83.7 Å². The van der Waals surface area contributed by atoms with Crippen LogP contribution in [0, 0.1) is 17.8 Å². The van der Waals surface area contributed by atoms with Crippen LogP contribution in [0.25, 0.3) is 0 Å². The number of rotatable bonds is 3. The molecule has 0 unspecified atom stereocenters. The first kappa shape index (κ1) is 15.8. The standard InChI is InChI=1S/C18H32O3/c1-13-3-7-15(8-4-13)18-19-11-17(12-20-18)21-16-9-5-14(2)6-10-16/h13-18H,3-12H2,1-2H3. The zero-order chi connectivity index (χ0) is 14.7. The summed E-state index contributed by atoms with van der Waals surface area (Å²) in [5.74, 6) is 2.37. The Morgan fingerprint density at radius 3 is 1.76 bits per heavy atom. The molecule has 3 heteroatoms. The van der Waals surface area contributed by atoms with Gasteiger partial charge in [0.25, 0.3) is 0 Å². The van der Waals surface area contributed by atoms with E-state index in [2.05, 4.69) is 13.8 Å². The molecular formula is C18H32O3. The van der Waals surface area contributed by atoms with Crippen LogP contribution in [0.4, 0.5) is 0 Å². The fraction of sp³-hybridized carbons (Fsp3) is 1.00. The van der Waals surface area contributed by atoms with Crippen LogP contribution in [0.5, 0.6) is 0 Å². The lowest BCUT2D eigenvalue weighted by Crippen LogP contribution is -2.43. The molecule has 0 spiro atoms. The zero-order valence-corrected chi connectivity index (χ0v) is 13.8. The van der Waals surface area contributed by atoms with Gasteiger partial charge in [-0.15, -0.1) is 0 Å². The summed E-state index contributed by atoms with van der Waals surface area (Å²) in [5.41, 5.74) is 0. The highest BCUT2D eigenvalue weighted by atomic mass is 16.7. The Bertz CT molecular complexity index is 296. The minimum Gasteiger partial charge on any atom is -0.370 e. The fourth-order valence-corrected chi connectivity index (χ4v) is 4.05. The van der Waals surface area contributed by atoms with Crippen LogP contribution >= 0.6 is 0 Å². The monoisotopic (exact) mass is 296 g/mol. The Kier molecular flexibility index (Phi) is 5.58. The highest BCUT2D eigenvalue weighted by molar-refractivity contribution is 4.77. The van der Waals surface area contributed by atoms with Gasteiger partial charge in [0.1, 0.15) is 6.10 Å². The van der Waals surface area contributed by atoms with E-state index in [-0.39, 0.29) is 12.4 Å². The molecule has 1 saturated heterocycles. The van der Waals surface area contributed by atoms with Gasteiger partial charge in [0.05, 0.1) is 19.3 Å². The van der Waals surface area contributed by atoms with Crippen molar-refractivity contribution in [1.82, 2.24) is 0 Å². The number of ether oxygens (including phenoxy) is 3. The second-order valence-corrected chi connectivity index (χ2v) is 7.69. The van der Waals surface area contributed by atoms with Gasteiger partial charge < -0.3 is 14.2 Å². The first-order valence-corrected chi connectivity index (χ1v) is 9.09. The van der Waals surface area contributed by atoms with E-state index < -0.39 is 0 Å². The molecular weight excluding hydrogens is 264 g/mol. The predicted molar refractivity (Wildman–Crippen MR) is 83.1 cm³/mol. The summed E-state index contributed by atoms with van der Waals surface area (Å²) in [6.45, 7) is 6.15. The van der Waals surface area contributed by atoms with Crippen LogP contribution in [-0.2, 0) is 14.2 Å². The average Bonchev–Trinajstić information content (AvgIpc) is 2.51. The first-order valence-electron chi connectivity index (χ1n) is 9.09. The van der Waals surface area contributed by atoms with Crippen molar-refractivity contribution in [2.75, 3.05) is 13.2 Å². The number of hydrogen-bond acceptors (Lipinski definition) is 3. The smallest absolute Gasteiger partial charge is 0.160 e. The molecule has 0 bridgehead atoms. The third-order valence-electron chi connectivity index (χ3n) is 5.69. The van der Waals surface area contributed by atoms with Gasteiger partial charge in [0, 0.05) is 5.92 Å².